The molecular weight excluding hydrogens is 174 g/mol. The van der Waals surface area contributed by atoms with Crippen molar-refractivity contribution in [1.82, 2.24) is 0 Å². The van der Waals surface area contributed by atoms with Crippen LogP contribution in [-0.2, 0) is 0 Å². The van der Waals surface area contributed by atoms with Crippen LogP contribution in [-0.4, -0.2) is 5.11 Å². The molecular formula is C12H19NO. The van der Waals surface area contributed by atoms with Gasteiger partial charge in [-0.25, -0.2) is 0 Å². The predicted octanol–water partition coefficient (Wildman–Crippen LogP) is 2.97. The van der Waals surface area contributed by atoms with Crippen LogP contribution in [0.2, 0.25) is 0 Å². The predicted molar refractivity (Wildman–Crippen MR) is 59.2 cm³/mol. The highest BCUT2D eigenvalue weighted by atomic mass is 16.3. The Morgan fingerprint density at radius 1 is 1.21 bits per heavy atom. The molecule has 1 atom stereocenters. The van der Waals surface area contributed by atoms with Gasteiger partial charge in [0, 0.05) is 6.04 Å². The second-order valence-corrected chi connectivity index (χ2v) is 3.69. The summed E-state index contributed by atoms with van der Waals surface area (Å²) in [6.45, 7) is 2.19. The fraction of sp³-hybridized carbons (Fsp3) is 0.500. The van der Waals surface area contributed by atoms with Crippen LogP contribution in [0.15, 0.2) is 24.3 Å². The second-order valence-electron chi connectivity index (χ2n) is 3.69. The summed E-state index contributed by atoms with van der Waals surface area (Å²) in [6, 6.07) is 7.28. The van der Waals surface area contributed by atoms with Gasteiger partial charge in [0.15, 0.2) is 0 Å². The number of unbranched alkanes of at least 4 members (excludes halogenated alkanes) is 2. The maximum atomic E-state index is 9.11. The lowest BCUT2D eigenvalue weighted by Crippen LogP contribution is -2.09. The molecule has 0 aliphatic rings. The van der Waals surface area contributed by atoms with Gasteiger partial charge in [-0.2, -0.15) is 0 Å². The summed E-state index contributed by atoms with van der Waals surface area (Å²) in [5.74, 6) is 0.300. The molecule has 0 radical (unpaired) electrons. The van der Waals surface area contributed by atoms with Crippen molar-refractivity contribution in [3.05, 3.63) is 29.8 Å². The topological polar surface area (TPSA) is 46.2 Å². The smallest absolute Gasteiger partial charge is 0.115 e. The van der Waals surface area contributed by atoms with E-state index in [2.05, 4.69) is 6.92 Å². The van der Waals surface area contributed by atoms with Crippen LogP contribution < -0.4 is 5.73 Å². The van der Waals surface area contributed by atoms with E-state index in [0.29, 0.717) is 5.75 Å². The number of hydrogen-bond acceptors (Lipinski definition) is 2. The van der Waals surface area contributed by atoms with Crippen molar-refractivity contribution in [2.75, 3.05) is 0 Å². The van der Waals surface area contributed by atoms with E-state index in [-0.39, 0.29) is 6.04 Å². The minimum Gasteiger partial charge on any atom is -0.508 e. The van der Waals surface area contributed by atoms with Crippen molar-refractivity contribution in [3.8, 4) is 5.75 Å². The van der Waals surface area contributed by atoms with Crippen LogP contribution in [0.1, 0.15) is 44.2 Å². The lowest BCUT2D eigenvalue weighted by Gasteiger charge is -2.11. The number of aromatic hydroxyl groups is 1. The van der Waals surface area contributed by atoms with Gasteiger partial charge in [0.2, 0.25) is 0 Å². The second kappa shape index (κ2) is 5.66. The first-order valence-electron chi connectivity index (χ1n) is 5.28. The molecule has 1 rings (SSSR count). The fourth-order valence-electron chi connectivity index (χ4n) is 1.50. The van der Waals surface area contributed by atoms with Gasteiger partial charge in [-0.1, -0.05) is 38.3 Å². The van der Waals surface area contributed by atoms with Gasteiger partial charge >= 0.3 is 0 Å². The van der Waals surface area contributed by atoms with Crippen molar-refractivity contribution in [2.45, 2.75) is 38.6 Å². The number of benzene rings is 1. The first kappa shape index (κ1) is 11.1. The Morgan fingerprint density at radius 3 is 2.43 bits per heavy atom. The molecule has 0 aromatic heterocycles. The third-order valence-corrected chi connectivity index (χ3v) is 2.44. The van der Waals surface area contributed by atoms with Gasteiger partial charge in [0.25, 0.3) is 0 Å². The number of rotatable bonds is 5. The van der Waals surface area contributed by atoms with Crippen LogP contribution in [0.4, 0.5) is 0 Å². The van der Waals surface area contributed by atoms with Crippen LogP contribution in [0, 0.1) is 0 Å². The summed E-state index contributed by atoms with van der Waals surface area (Å²) >= 11 is 0. The average Bonchev–Trinajstić information content (AvgIpc) is 2.19. The third kappa shape index (κ3) is 3.38. The SMILES string of the molecule is CCCCC[C@H](N)c1ccc(O)cc1. The molecule has 2 nitrogen and oxygen atoms in total. The van der Waals surface area contributed by atoms with E-state index < -0.39 is 0 Å². The average molecular weight is 193 g/mol. The van der Waals surface area contributed by atoms with Gasteiger partial charge in [-0.15, -0.1) is 0 Å². The van der Waals surface area contributed by atoms with E-state index in [1.54, 1.807) is 12.1 Å². The molecule has 1 aromatic rings. The molecule has 3 N–H and O–H groups in total. The minimum absolute atomic E-state index is 0.113. The highest BCUT2D eigenvalue weighted by molar-refractivity contribution is 5.27. The first-order valence-corrected chi connectivity index (χ1v) is 5.28. The highest BCUT2D eigenvalue weighted by Crippen LogP contribution is 2.19. The van der Waals surface area contributed by atoms with E-state index in [1.165, 1.54) is 19.3 Å². The molecule has 0 fully saturated rings. The molecule has 0 unspecified atom stereocenters. The Balaban J connectivity index is 2.43. The molecule has 0 heterocycles. The monoisotopic (exact) mass is 193 g/mol. The lowest BCUT2D eigenvalue weighted by atomic mass is 10.0. The molecule has 0 spiro atoms. The standard InChI is InChI=1S/C12H19NO/c1-2-3-4-5-12(13)10-6-8-11(14)9-7-10/h6-9,12,14H,2-5,13H2,1H3/t12-/m0/s1. The molecule has 0 aliphatic heterocycles. The van der Waals surface area contributed by atoms with E-state index in [0.717, 1.165) is 12.0 Å². The van der Waals surface area contributed by atoms with Gasteiger partial charge < -0.3 is 10.8 Å². The number of hydrogen-bond donors (Lipinski definition) is 2. The molecule has 0 aliphatic carbocycles. The van der Waals surface area contributed by atoms with Crippen molar-refractivity contribution in [1.29, 1.82) is 0 Å². The summed E-state index contributed by atoms with van der Waals surface area (Å²) in [5.41, 5.74) is 7.11. The molecule has 1 aromatic carbocycles. The Kier molecular flexibility index (Phi) is 4.47. The summed E-state index contributed by atoms with van der Waals surface area (Å²) in [7, 11) is 0. The quantitative estimate of drug-likeness (QED) is 0.706. The molecule has 0 bridgehead atoms. The Bertz CT molecular complexity index is 256. The maximum Gasteiger partial charge on any atom is 0.115 e. The Labute approximate surface area is 85.8 Å². The zero-order chi connectivity index (χ0) is 10.4. The van der Waals surface area contributed by atoms with Crippen LogP contribution in [0.5, 0.6) is 5.75 Å². The molecule has 0 saturated heterocycles. The lowest BCUT2D eigenvalue weighted by molar-refractivity contribution is 0.474. The summed E-state index contributed by atoms with van der Waals surface area (Å²) in [6.07, 6.45) is 4.67. The van der Waals surface area contributed by atoms with Crippen molar-refractivity contribution < 1.29 is 5.11 Å². The van der Waals surface area contributed by atoms with Gasteiger partial charge in [-0.3, -0.25) is 0 Å². The number of phenolic OH excluding ortho intramolecular Hbond substituents is 1. The molecule has 78 valence electrons. The third-order valence-electron chi connectivity index (χ3n) is 2.44. The Morgan fingerprint density at radius 2 is 1.86 bits per heavy atom. The zero-order valence-corrected chi connectivity index (χ0v) is 8.74. The largest absolute Gasteiger partial charge is 0.508 e. The van der Waals surface area contributed by atoms with E-state index >= 15 is 0 Å². The highest BCUT2D eigenvalue weighted by Gasteiger charge is 2.04. The summed E-state index contributed by atoms with van der Waals surface area (Å²) in [5, 5.41) is 9.11. The number of nitrogens with two attached hydrogens (primary N) is 1. The van der Waals surface area contributed by atoms with E-state index in [9.17, 15) is 0 Å². The number of phenols is 1. The molecule has 0 amide bonds. The van der Waals surface area contributed by atoms with Crippen molar-refractivity contribution in [2.24, 2.45) is 5.73 Å². The van der Waals surface area contributed by atoms with Gasteiger partial charge in [0.05, 0.1) is 0 Å². The summed E-state index contributed by atoms with van der Waals surface area (Å²) in [4.78, 5) is 0. The normalized spacial score (nSPS) is 12.7. The first-order chi connectivity index (χ1) is 6.74. The van der Waals surface area contributed by atoms with Crippen LogP contribution >= 0.6 is 0 Å². The summed E-state index contributed by atoms with van der Waals surface area (Å²) < 4.78 is 0. The van der Waals surface area contributed by atoms with Crippen molar-refractivity contribution >= 4 is 0 Å². The molecule has 2 heteroatoms. The van der Waals surface area contributed by atoms with E-state index in [4.69, 9.17) is 10.8 Å². The van der Waals surface area contributed by atoms with Crippen LogP contribution in [0.25, 0.3) is 0 Å². The van der Waals surface area contributed by atoms with Gasteiger partial charge in [-0.05, 0) is 24.1 Å². The maximum absolute atomic E-state index is 9.11. The minimum atomic E-state index is 0.113. The van der Waals surface area contributed by atoms with E-state index in [1.807, 2.05) is 12.1 Å². The molecule has 14 heavy (non-hydrogen) atoms. The fourth-order valence-corrected chi connectivity index (χ4v) is 1.50. The molecule has 0 saturated carbocycles. The van der Waals surface area contributed by atoms with Gasteiger partial charge in [0.1, 0.15) is 5.75 Å². The zero-order valence-electron chi connectivity index (χ0n) is 8.74. The van der Waals surface area contributed by atoms with Crippen molar-refractivity contribution in [3.63, 3.8) is 0 Å². The van der Waals surface area contributed by atoms with Crippen LogP contribution in [0.3, 0.4) is 0 Å². The Hall–Kier alpha value is -1.02.